The van der Waals surface area contributed by atoms with Gasteiger partial charge in [-0.05, 0) is 80.1 Å². The Bertz CT molecular complexity index is 1580. The second-order valence-corrected chi connectivity index (χ2v) is 12.3. The first-order valence-electron chi connectivity index (χ1n) is 13.4. The van der Waals surface area contributed by atoms with E-state index in [0.29, 0.717) is 35.8 Å². The highest BCUT2D eigenvalue weighted by Crippen LogP contribution is 2.48. The minimum absolute atomic E-state index is 0.0170. The van der Waals surface area contributed by atoms with E-state index < -0.39 is 21.5 Å². The monoisotopic (exact) mass is 584 g/mol. The minimum atomic E-state index is -3.12. The van der Waals surface area contributed by atoms with Gasteiger partial charge in [-0.1, -0.05) is 12.1 Å². The van der Waals surface area contributed by atoms with Crippen LogP contribution in [-0.2, 0) is 25.8 Å². The van der Waals surface area contributed by atoms with Gasteiger partial charge in [-0.2, -0.15) is 0 Å². The molecule has 7 nitrogen and oxygen atoms in total. The van der Waals surface area contributed by atoms with Crippen LogP contribution in [0.25, 0.3) is 5.76 Å². The van der Waals surface area contributed by atoms with E-state index in [4.69, 9.17) is 18.9 Å². The number of esters is 1. The molecule has 1 saturated carbocycles. The van der Waals surface area contributed by atoms with Gasteiger partial charge in [-0.25, -0.2) is 17.2 Å². The zero-order valence-electron chi connectivity index (χ0n) is 22.7. The highest BCUT2D eigenvalue weighted by atomic mass is 32.2. The first-order chi connectivity index (χ1) is 19.6. The molecule has 0 saturated heterocycles. The van der Waals surface area contributed by atoms with Crippen molar-refractivity contribution in [3.8, 4) is 23.0 Å². The van der Waals surface area contributed by atoms with E-state index in [1.54, 1.807) is 25.1 Å². The number of ether oxygens (including phenoxy) is 4. The molecule has 2 aliphatic rings. The first kappa shape index (κ1) is 28.6. The minimum Gasteiger partial charge on any atom is -0.490 e. The van der Waals surface area contributed by atoms with E-state index >= 15 is 0 Å². The Kier molecular flexibility index (Phi) is 8.30. The quantitative estimate of drug-likeness (QED) is 0.185. The molecule has 0 radical (unpaired) electrons. The van der Waals surface area contributed by atoms with Gasteiger partial charge in [-0.15, -0.1) is 0 Å². The summed E-state index contributed by atoms with van der Waals surface area (Å²) in [7, 11) is -3.12. The van der Waals surface area contributed by atoms with E-state index in [1.807, 2.05) is 12.1 Å². The smallest absolute Gasteiger partial charge is 0.309 e. The molecule has 1 fully saturated rings. The molecule has 216 valence electrons. The zero-order valence-corrected chi connectivity index (χ0v) is 23.5. The fraction of sp³-hybridized carbons (Fsp3) is 0.323. The van der Waals surface area contributed by atoms with Crippen molar-refractivity contribution in [2.45, 2.75) is 32.1 Å². The summed E-state index contributed by atoms with van der Waals surface area (Å²) in [6.45, 7) is 2.21. The summed E-state index contributed by atoms with van der Waals surface area (Å²) in [5, 5.41) is 0. The molecule has 0 bridgehead atoms. The van der Waals surface area contributed by atoms with Crippen molar-refractivity contribution in [1.82, 2.24) is 0 Å². The molecule has 0 aliphatic heterocycles. The van der Waals surface area contributed by atoms with Crippen LogP contribution < -0.4 is 14.2 Å². The maximum atomic E-state index is 14.9. The van der Waals surface area contributed by atoms with Gasteiger partial charge in [-0.3, -0.25) is 4.79 Å². The summed E-state index contributed by atoms with van der Waals surface area (Å²) < 4.78 is 74.4. The fourth-order valence-electron chi connectivity index (χ4n) is 4.83. The molecule has 41 heavy (non-hydrogen) atoms. The normalized spacial score (nSPS) is 17.4. The zero-order chi connectivity index (χ0) is 29.1. The van der Waals surface area contributed by atoms with E-state index in [-0.39, 0.29) is 53.6 Å². The van der Waals surface area contributed by atoms with Gasteiger partial charge in [0, 0.05) is 17.9 Å². The number of hydrogen-bond donors (Lipinski definition) is 0. The number of sulfone groups is 1. The van der Waals surface area contributed by atoms with Crippen LogP contribution in [0.1, 0.15) is 42.4 Å². The van der Waals surface area contributed by atoms with Crippen molar-refractivity contribution < 1.29 is 40.9 Å². The third kappa shape index (κ3) is 6.87. The Hall–Kier alpha value is -3.92. The molecule has 3 aromatic rings. The molecule has 10 heteroatoms. The van der Waals surface area contributed by atoms with Crippen molar-refractivity contribution in [1.29, 1.82) is 0 Å². The number of carbonyl (C=O) groups is 1. The molecule has 0 amide bonds. The Morgan fingerprint density at radius 2 is 1.68 bits per heavy atom. The lowest BCUT2D eigenvalue weighted by molar-refractivity contribution is -0.144. The lowest BCUT2D eigenvalue weighted by Gasteiger charge is -2.14. The van der Waals surface area contributed by atoms with Crippen molar-refractivity contribution in [2.75, 3.05) is 25.2 Å². The van der Waals surface area contributed by atoms with Crippen molar-refractivity contribution in [2.24, 2.45) is 5.92 Å². The maximum Gasteiger partial charge on any atom is 0.309 e. The average molecular weight is 585 g/mol. The number of hydrogen-bond acceptors (Lipinski definition) is 7. The lowest BCUT2D eigenvalue weighted by Crippen LogP contribution is -2.08. The molecule has 3 aromatic carbocycles. The Labute approximate surface area is 237 Å². The summed E-state index contributed by atoms with van der Waals surface area (Å²) in [6, 6.07) is 14.2. The van der Waals surface area contributed by atoms with Gasteiger partial charge in [0.05, 0.1) is 30.4 Å². The average Bonchev–Trinajstić information content (AvgIpc) is 3.62. The molecule has 2 aliphatic carbocycles. The molecular weight excluding hydrogens is 554 g/mol. The van der Waals surface area contributed by atoms with E-state index in [2.05, 4.69) is 0 Å². The highest BCUT2D eigenvalue weighted by molar-refractivity contribution is 7.90. The third-order valence-corrected chi connectivity index (χ3v) is 7.95. The largest absolute Gasteiger partial charge is 0.490 e. The van der Waals surface area contributed by atoms with Crippen LogP contribution in [0.2, 0.25) is 0 Å². The standard InChI is InChI=1S/C31H30F2O7S/c1-3-37-31(34)24-18-23(24)19-5-7-20(8-6-19)39-29-13-10-22-27(14-11-25(32)30(22)29)40-21-9-12-28(26(33)17-21)38-15-4-16-41(2,35)36/h5-9,11-14,17,23-24H,3-4,10,15-16,18H2,1-2H3/t23-,24+/m1/s1. The Balaban J connectivity index is 1.23. The maximum absolute atomic E-state index is 14.9. The van der Waals surface area contributed by atoms with Crippen molar-refractivity contribution in [3.63, 3.8) is 0 Å². The van der Waals surface area contributed by atoms with Gasteiger partial charge in [0.25, 0.3) is 0 Å². The SMILES string of the molecule is CCOC(=O)[C@H]1C[C@@H]1c1ccc(OC2=CCc3c(Oc4ccc(OCCCS(C)(=O)=O)c(F)c4)ccc(F)c32)cc1. The second kappa shape index (κ2) is 11.9. The summed E-state index contributed by atoms with van der Waals surface area (Å²) in [6.07, 6.45) is 4.27. The van der Waals surface area contributed by atoms with Crippen LogP contribution in [0.15, 0.2) is 60.7 Å². The predicted molar refractivity (Wildman–Crippen MR) is 149 cm³/mol. The summed E-state index contributed by atoms with van der Waals surface area (Å²) >= 11 is 0. The third-order valence-electron chi connectivity index (χ3n) is 6.92. The van der Waals surface area contributed by atoms with Gasteiger partial charge >= 0.3 is 5.97 Å². The van der Waals surface area contributed by atoms with E-state index in [1.165, 1.54) is 24.3 Å². The van der Waals surface area contributed by atoms with Crippen LogP contribution in [0.4, 0.5) is 8.78 Å². The lowest BCUT2D eigenvalue weighted by atomic mass is 10.1. The number of benzene rings is 3. The molecule has 2 atom stereocenters. The van der Waals surface area contributed by atoms with Gasteiger partial charge in [0.1, 0.15) is 38.7 Å². The molecule has 0 heterocycles. The van der Waals surface area contributed by atoms with E-state index in [9.17, 15) is 22.0 Å². The summed E-state index contributed by atoms with van der Waals surface area (Å²) in [5.74, 6) is 0.116. The molecule has 0 unspecified atom stereocenters. The summed E-state index contributed by atoms with van der Waals surface area (Å²) in [4.78, 5) is 11.9. The van der Waals surface area contributed by atoms with Crippen molar-refractivity contribution in [3.05, 3.63) is 89.0 Å². The molecule has 0 aromatic heterocycles. The van der Waals surface area contributed by atoms with Gasteiger partial charge < -0.3 is 18.9 Å². The highest BCUT2D eigenvalue weighted by Gasteiger charge is 2.45. The number of rotatable bonds is 12. The number of halogens is 2. The molecular formula is C31H30F2O7S. The van der Waals surface area contributed by atoms with Crippen LogP contribution in [0, 0.1) is 17.6 Å². The first-order valence-corrected chi connectivity index (χ1v) is 15.4. The van der Waals surface area contributed by atoms with Crippen molar-refractivity contribution >= 4 is 21.6 Å². The number of carbonyl (C=O) groups excluding carboxylic acids is 1. The second-order valence-electron chi connectivity index (χ2n) is 10.1. The van der Waals surface area contributed by atoms with Crippen LogP contribution in [0.5, 0.6) is 23.0 Å². The van der Waals surface area contributed by atoms with Crippen LogP contribution >= 0.6 is 0 Å². The number of fused-ring (bicyclic) bond motifs is 1. The van der Waals surface area contributed by atoms with Gasteiger partial charge in [0.15, 0.2) is 11.6 Å². The van der Waals surface area contributed by atoms with Gasteiger partial charge in [0.2, 0.25) is 0 Å². The molecule has 5 rings (SSSR count). The van der Waals surface area contributed by atoms with Crippen LogP contribution in [0.3, 0.4) is 0 Å². The Morgan fingerprint density at radius 1 is 0.951 bits per heavy atom. The molecule has 0 spiro atoms. The van der Waals surface area contributed by atoms with Crippen LogP contribution in [-0.4, -0.2) is 39.6 Å². The number of allylic oxidation sites excluding steroid dienone is 1. The molecule has 0 N–H and O–H groups in total. The summed E-state index contributed by atoms with van der Waals surface area (Å²) in [5.41, 5.74) is 1.88. The topological polar surface area (TPSA) is 88.1 Å². The predicted octanol–water partition coefficient (Wildman–Crippen LogP) is 6.21. The fourth-order valence-corrected chi connectivity index (χ4v) is 5.47. The Morgan fingerprint density at radius 3 is 2.39 bits per heavy atom. The van der Waals surface area contributed by atoms with E-state index in [0.717, 1.165) is 24.3 Å².